The van der Waals surface area contributed by atoms with E-state index in [2.05, 4.69) is 15.3 Å². The summed E-state index contributed by atoms with van der Waals surface area (Å²) in [5.41, 5.74) is 2.83. The van der Waals surface area contributed by atoms with E-state index in [1.54, 1.807) is 42.5 Å². The highest BCUT2D eigenvalue weighted by atomic mass is 32.2. The second-order valence-corrected chi connectivity index (χ2v) is 10.8. The van der Waals surface area contributed by atoms with Gasteiger partial charge >= 0.3 is 5.97 Å². The van der Waals surface area contributed by atoms with Gasteiger partial charge in [0.25, 0.3) is 5.91 Å². The number of hydrogen-bond acceptors (Lipinski definition) is 7. The zero-order chi connectivity index (χ0) is 27.4. The second-order valence-electron chi connectivity index (χ2n) is 8.84. The average Bonchev–Trinajstić information content (AvgIpc) is 3.39. The summed E-state index contributed by atoms with van der Waals surface area (Å²) in [4.78, 5) is 32.4. The number of ether oxygens (including phenoxy) is 2. The predicted octanol–water partition coefficient (Wildman–Crippen LogP) is 2.86. The molecule has 0 radical (unpaired) electrons. The van der Waals surface area contributed by atoms with Crippen molar-refractivity contribution in [1.29, 1.82) is 0 Å². The fraction of sp³-hybridized carbons (Fsp3) is 0.222. The summed E-state index contributed by atoms with van der Waals surface area (Å²) in [6, 6.07) is 16.9. The Morgan fingerprint density at radius 2 is 1.74 bits per heavy atom. The molecule has 1 aliphatic heterocycles. The molecule has 1 aliphatic rings. The molecule has 0 aliphatic carbocycles. The van der Waals surface area contributed by atoms with Crippen molar-refractivity contribution in [1.82, 2.24) is 19.6 Å². The average molecular weight is 553 g/mol. The van der Waals surface area contributed by atoms with Crippen LogP contribution in [0.2, 0.25) is 0 Å². The van der Waals surface area contributed by atoms with Crippen LogP contribution in [0.3, 0.4) is 0 Å². The number of imidazole rings is 1. The number of nitrogens with one attached hydrogen (secondary N) is 2. The molecule has 0 bridgehead atoms. The van der Waals surface area contributed by atoms with E-state index >= 15 is 0 Å². The van der Waals surface area contributed by atoms with Gasteiger partial charge in [0.05, 0.1) is 34.7 Å². The van der Waals surface area contributed by atoms with Crippen LogP contribution >= 0.6 is 0 Å². The minimum Gasteiger partial charge on any atom is -0.452 e. The molecule has 1 aromatic heterocycles. The molecule has 1 saturated heterocycles. The molecule has 0 atom stereocenters. The molecule has 39 heavy (non-hydrogen) atoms. The summed E-state index contributed by atoms with van der Waals surface area (Å²) in [5, 5.41) is 2.65. The number of rotatable bonds is 8. The zero-order valence-electron chi connectivity index (χ0n) is 20.7. The van der Waals surface area contributed by atoms with Crippen LogP contribution in [0.15, 0.2) is 71.6 Å². The van der Waals surface area contributed by atoms with Gasteiger partial charge in [-0.1, -0.05) is 12.1 Å². The normalized spacial score (nSPS) is 14.3. The third kappa shape index (κ3) is 6.14. The van der Waals surface area contributed by atoms with E-state index in [0.29, 0.717) is 54.3 Å². The van der Waals surface area contributed by atoms with Gasteiger partial charge in [-0.3, -0.25) is 4.79 Å². The molecular weight excluding hydrogens is 527 g/mol. The largest absolute Gasteiger partial charge is 0.452 e. The quantitative estimate of drug-likeness (QED) is 0.322. The highest BCUT2D eigenvalue weighted by Crippen LogP contribution is 2.22. The topological polar surface area (TPSA) is 131 Å². The van der Waals surface area contributed by atoms with E-state index in [-0.39, 0.29) is 22.8 Å². The lowest BCUT2D eigenvalue weighted by molar-refractivity contribution is -0.124. The van der Waals surface area contributed by atoms with Crippen LogP contribution in [0.25, 0.3) is 22.4 Å². The van der Waals surface area contributed by atoms with Crippen molar-refractivity contribution in [2.24, 2.45) is 0 Å². The molecule has 2 heterocycles. The highest BCUT2D eigenvalue weighted by Gasteiger charge is 2.26. The molecule has 202 valence electrons. The van der Waals surface area contributed by atoms with Crippen molar-refractivity contribution in [3.8, 4) is 11.4 Å². The first-order valence-electron chi connectivity index (χ1n) is 12.2. The van der Waals surface area contributed by atoms with Gasteiger partial charge in [-0.2, -0.15) is 4.31 Å². The molecule has 0 unspecified atom stereocenters. The van der Waals surface area contributed by atoms with Gasteiger partial charge in [-0.05, 0) is 60.2 Å². The minimum atomic E-state index is -3.59. The molecule has 10 nitrogen and oxygen atoms in total. The first kappa shape index (κ1) is 26.5. The van der Waals surface area contributed by atoms with Crippen molar-refractivity contribution in [2.45, 2.75) is 11.4 Å². The number of H-pyrrole nitrogens is 1. The van der Waals surface area contributed by atoms with Gasteiger partial charge in [0.15, 0.2) is 6.61 Å². The standard InChI is InChI=1S/C27H25FN4O6S/c28-21-6-3-19(4-7-21)26-30-23-10-5-20(15-24(23)31-26)27(34)38-17-25(33)29-16-18-1-8-22(9-2-18)39(35,36)32-11-13-37-14-12-32/h1-10,15H,11-14,16-17H2,(H,29,33)(H,30,31). The Morgan fingerprint density at radius 3 is 2.46 bits per heavy atom. The van der Waals surface area contributed by atoms with E-state index in [9.17, 15) is 22.4 Å². The number of carbonyl (C=O) groups excluding carboxylic acids is 2. The van der Waals surface area contributed by atoms with Crippen LogP contribution < -0.4 is 5.32 Å². The SMILES string of the molecule is O=C(COC(=O)c1ccc2nc(-c3ccc(F)cc3)[nH]c2c1)NCc1ccc(S(=O)(=O)N2CCOCC2)cc1. The monoisotopic (exact) mass is 552 g/mol. The number of aromatic amines is 1. The van der Waals surface area contributed by atoms with Crippen LogP contribution in [0.4, 0.5) is 4.39 Å². The van der Waals surface area contributed by atoms with Gasteiger partial charge < -0.3 is 19.8 Å². The van der Waals surface area contributed by atoms with Crippen LogP contribution in [0.1, 0.15) is 15.9 Å². The predicted molar refractivity (Wildman–Crippen MR) is 140 cm³/mol. The summed E-state index contributed by atoms with van der Waals surface area (Å²) in [5.74, 6) is -1.00. The van der Waals surface area contributed by atoms with E-state index in [4.69, 9.17) is 9.47 Å². The molecule has 0 spiro atoms. The van der Waals surface area contributed by atoms with Gasteiger partial charge in [0.2, 0.25) is 10.0 Å². The molecule has 4 aromatic rings. The molecule has 1 amide bonds. The Hall–Kier alpha value is -4.13. The summed E-state index contributed by atoms with van der Waals surface area (Å²) in [6.07, 6.45) is 0. The van der Waals surface area contributed by atoms with E-state index in [1.165, 1.54) is 28.6 Å². The highest BCUT2D eigenvalue weighted by molar-refractivity contribution is 7.89. The van der Waals surface area contributed by atoms with Gasteiger partial charge in [0, 0.05) is 25.2 Å². The Balaban J connectivity index is 1.13. The Morgan fingerprint density at radius 1 is 1.03 bits per heavy atom. The van der Waals surface area contributed by atoms with Crippen LogP contribution in [0, 0.1) is 5.82 Å². The minimum absolute atomic E-state index is 0.139. The third-order valence-electron chi connectivity index (χ3n) is 6.19. The number of hydrogen-bond donors (Lipinski definition) is 2. The van der Waals surface area contributed by atoms with Crippen LogP contribution in [0.5, 0.6) is 0 Å². The Kier molecular flexibility index (Phi) is 7.68. The molecule has 3 aromatic carbocycles. The van der Waals surface area contributed by atoms with Crippen molar-refractivity contribution < 1.29 is 31.9 Å². The smallest absolute Gasteiger partial charge is 0.338 e. The summed E-state index contributed by atoms with van der Waals surface area (Å²) < 4.78 is 50.4. The summed E-state index contributed by atoms with van der Waals surface area (Å²) in [7, 11) is -3.59. The zero-order valence-corrected chi connectivity index (χ0v) is 21.5. The maximum atomic E-state index is 13.2. The number of benzene rings is 3. The van der Waals surface area contributed by atoms with E-state index < -0.39 is 28.5 Å². The van der Waals surface area contributed by atoms with Gasteiger partial charge in [-0.15, -0.1) is 0 Å². The first-order chi connectivity index (χ1) is 18.8. The Labute approximate surface area is 223 Å². The summed E-state index contributed by atoms with van der Waals surface area (Å²) >= 11 is 0. The van der Waals surface area contributed by atoms with Crippen molar-refractivity contribution in [3.05, 3.63) is 83.7 Å². The van der Waals surface area contributed by atoms with Crippen molar-refractivity contribution in [2.75, 3.05) is 32.9 Å². The number of amides is 1. The van der Waals surface area contributed by atoms with E-state index in [1.807, 2.05) is 0 Å². The number of halogens is 1. The number of aromatic nitrogens is 2. The number of carbonyl (C=O) groups is 2. The van der Waals surface area contributed by atoms with Crippen LogP contribution in [-0.2, 0) is 30.8 Å². The molecule has 5 rings (SSSR count). The fourth-order valence-corrected chi connectivity index (χ4v) is 5.47. The molecule has 1 fully saturated rings. The van der Waals surface area contributed by atoms with Gasteiger partial charge in [-0.25, -0.2) is 22.6 Å². The number of sulfonamides is 1. The maximum absolute atomic E-state index is 13.2. The molecule has 12 heteroatoms. The molecule has 2 N–H and O–H groups in total. The maximum Gasteiger partial charge on any atom is 0.338 e. The van der Waals surface area contributed by atoms with Crippen LogP contribution in [-0.4, -0.2) is 67.5 Å². The number of esters is 1. The lowest BCUT2D eigenvalue weighted by Gasteiger charge is -2.26. The van der Waals surface area contributed by atoms with E-state index in [0.717, 1.165) is 0 Å². The summed E-state index contributed by atoms with van der Waals surface area (Å²) in [6.45, 7) is 1.01. The molecule has 0 saturated carbocycles. The fourth-order valence-electron chi connectivity index (χ4n) is 4.06. The molecular formula is C27H25FN4O6S. The van der Waals surface area contributed by atoms with Gasteiger partial charge in [0.1, 0.15) is 11.6 Å². The Bertz CT molecular complexity index is 1600. The van der Waals surface area contributed by atoms with Crippen molar-refractivity contribution in [3.63, 3.8) is 0 Å². The number of fused-ring (bicyclic) bond motifs is 1. The lowest BCUT2D eigenvalue weighted by Crippen LogP contribution is -2.40. The number of nitrogens with zero attached hydrogens (tertiary/aromatic N) is 2. The third-order valence-corrected chi connectivity index (χ3v) is 8.10. The first-order valence-corrected chi connectivity index (χ1v) is 13.6. The lowest BCUT2D eigenvalue weighted by atomic mass is 10.2. The second kappa shape index (κ2) is 11.3. The van der Waals surface area contributed by atoms with Crippen molar-refractivity contribution >= 4 is 32.9 Å². The number of morpholine rings is 1.